The van der Waals surface area contributed by atoms with Crippen molar-refractivity contribution >= 4 is 5.97 Å². The Labute approximate surface area is 108 Å². The standard InChI is InChI=1S/C14H9FO4/c15-11-5-9(14(16)17)1-3-10(11)8-2-4-12-13(6-8)19-7-18-12/h1-6H,7H2,(H,16,17). The van der Waals surface area contributed by atoms with Gasteiger partial charge in [0.05, 0.1) is 5.56 Å². The summed E-state index contributed by atoms with van der Waals surface area (Å²) in [6.45, 7) is 0.152. The average molecular weight is 260 g/mol. The number of aromatic carboxylic acids is 1. The van der Waals surface area contributed by atoms with Crippen LogP contribution in [0, 0.1) is 5.82 Å². The van der Waals surface area contributed by atoms with Crippen LogP contribution in [-0.2, 0) is 0 Å². The Morgan fingerprint density at radius 2 is 1.89 bits per heavy atom. The molecule has 0 aliphatic carbocycles. The second-order valence-electron chi connectivity index (χ2n) is 4.07. The zero-order valence-corrected chi connectivity index (χ0v) is 9.72. The second kappa shape index (κ2) is 4.28. The Balaban J connectivity index is 2.05. The summed E-state index contributed by atoms with van der Waals surface area (Å²) in [5.41, 5.74) is 0.851. The fraction of sp³-hybridized carbons (Fsp3) is 0.0714. The summed E-state index contributed by atoms with van der Waals surface area (Å²) < 4.78 is 24.3. The van der Waals surface area contributed by atoms with Gasteiger partial charge in [0, 0.05) is 5.56 Å². The summed E-state index contributed by atoms with van der Waals surface area (Å²) in [5.74, 6) is -0.569. The molecular formula is C14H9FO4. The molecule has 0 aromatic heterocycles. The number of benzene rings is 2. The summed E-state index contributed by atoms with van der Waals surface area (Å²) in [7, 11) is 0. The van der Waals surface area contributed by atoms with E-state index >= 15 is 0 Å². The Bertz CT molecular complexity index is 666. The van der Waals surface area contributed by atoms with E-state index in [1.165, 1.54) is 12.1 Å². The average Bonchev–Trinajstić information content (AvgIpc) is 2.85. The molecule has 0 amide bonds. The Morgan fingerprint density at radius 1 is 1.11 bits per heavy atom. The van der Waals surface area contributed by atoms with Crippen LogP contribution in [0.25, 0.3) is 11.1 Å². The number of halogens is 1. The van der Waals surface area contributed by atoms with E-state index in [1.54, 1.807) is 18.2 Å². The lowest BCUT2D eigenvalue weighted by Gasteiger charge is -2.05. The molecule has 0 unspecified atom stereocenters. The van der Waals surface area contributed by atoms with E-state index in [-0.39, 0.29) is 12.4 Å². The predicted octanol–water partition coefficient (Wildman–Crippen LogP) is 2.92. The van der Waals surface area contributed by atoms with E-state index in [4.69, 9.17) is 14.6 Å². The highest BCUT2D eigenvalue weighted by atomic mass is 19.1. The highest BCUT2D eigenvalue weighted by molar-refractivity contribution is 5.88. The first kappa shape index (κ1) is 11.5. The Morgan fingerprint density at radius 3 is 2.63 bits per heavy atom. The maximum absolute atomic E-state index is 13.9. The minimum Gasteiger partial charge on any atom is -0.478 e. The molecule has 96 valence electrons. The molecule has 0 atom stereocenters. The van der Waals surface area contributed by atoms with Crippen molar-refractivity contribution in [1.82, 2.24) is 0 Å². The van der Waals surface area contributed by atoms with E-state index in [1.807, 2.05) is 0 Å². The number of ether oxygens (including phenoxy) is 2. The minimum atomic E-state index is -1.16. The molecule has 4 nitrogen and oxygen atoms in total. The van der Waals surface area contributed by atoms with Crippen LogP contribution in [0.1, 0.15) is 10.4 Å². The highest BCUT2D eigenvalue weighted by Crippen LogP contribution is 2.36. The van der Waals surface area contributed by atoms with Crippen molar-refractivity contribution in [3.05, 3.63) is 47.8 Å². The zero-order valence-electron chi connectivity index (χ0n) is 9.72. The highest BCUT2D eigenvalue weighted by Gasteiger charge is 2.16. The van der Waals surface area contributed by atoms with Crippen molar-refractivity contribution in [1.29, 1.82) is 0 Å². The van der Waals surface area contributed by atoms with Gasteiger partial charge < -0.3 is 14.6 Å². The van der Waals surface area contributed by atoms with Gasteiger partial charge in [0.25, 0.3) is 0 Å². The van der Waals surface area contributed by atoms with E-state index in [0.717, 1.165) is 6.07 Å². The third-order valence-corrected chi connectivity index (χ3v) is 2.90. The van der Waals surface area contributed by atoms with Crippen molar-refractivity contribution in [3.8, 4) is 22.6 Å². The van der Waals surface area contributed by atoms with Crippen LogP contribution in [0.2, 0.25) is 0 Å². The van der Waals surface area contributed by atoms with E-state index < -0.39 is 11.8 Å². The first-order valence-electron chi connectivity index (χ1n) is 5.58. The van der Waals surface area contributed by atoms with Crippen LogP contribution in [0.4, 0.5) is 4.39 Å². The molecule has 1 aliphatic rings. The monoisotopic (exact) mass is 260 g/mol. The summed E-state index contributed by atoms with van der Waals surface area (Å²) in [5, 5.41) is 8.79. The summed E-state index contributed by atoms with van der Waals surface area (Å²) in [6.07, 6.45) is 0. The van der Waals surface area contributed by atoms with E-state index in [9.17, 15) is 9.18 Å². The number of hydrogen-bond acceptors (Lipinski definition) is 3. The molecule has 0 spiro atoms. The van der Waals surface area contributed by atoms with Crippen LogP contribution >= 0.6 is 0 Å². The second-order valence-corrected chi connectivity index (χ2v) is 4.07. The lowest BCUT2D eigenvalue weighted by Crippen LogP contribution is -1.97. The molecule has 1 heterocycles. The maximum atomic E-state index is 13.9. The van der Waals surface area contributed by atoms with Gasteiger partial charge in [-0.2, -0.15) is 0 Å². The topological polar surface area (TPSA) is 55.8 Å². The molecule has 0 radical (unpaired) electrons. The van der Waals surface area contributed by atoms with Gasteiger partial charge in [0.15, 0.2) is 11.5 Å². The summed E-state index contributed by atoms with van der Waals surface area (Å²) >= 11 is 0. The summed E-state index contributed by atoms with van der Waals surface area (Å²) in [6, 6.07) is 8.87. The molecule has 2 aromatic carbocycles. The fourth-order valence-electron chi connectivity index (χ4n) is 1.95. The van der Waals surface area contributed by atoms with Gasteiger partial charge in [0.2, 0.25) is 6.79 Å². The lowest BCUT2D eigenvalue weighted by atomic mass is 10.0. The van der Waals surface area contributed by atoms with Crippen molar-refractivity contribution in [2.45, 2.75) is 0 Å². The van der Waals surface area contributed by atoms with Crippen molar-refractivity contribution in [2.24, 2.45) is 0 Å². The van der Waals surface area contributed by atoms with Gasteiger partial charge in [-0.3, -0.25) is 0 Å². The fourth-order valence-corrected chi connectivity index (χ4v) is 1.95. The smallest absolute Gasteiger partial charge is 0.335 e. The SMILES string of the molecule is O=C(O)c1ccc(-c2ccc3c(c2)OCO3)c(F)c1. The van der Waals surface area contributed by atoms with Crippen molar-refractivity contribution < 1.29 is 23.8 Å². The molecule has 0 fully saturated rings. The Hall–Kier alpha value is -2.56. The molecule has 0 bridgehead atoms. The van der Waals surface area contributed by atoms with Crippen molar-refractivity contribution in [2.75, 3.05) is 6.79 Å². The molecule has 2 aromatic rings. The molecule has 5 heteroatoms. The molecule has 1 N–H and O–H groups in total. The van der Waals surface area contributed by atoms with E-state index in [0.29, 0.717) is 22.6 Å². The third-order valence-electron chi connectivity index (χ3n) is 2.90. The largest absolute Gasteiger partial charge is 0.478 e. The number of fused-ring (bicyclic) bond motifs is 1. The van der Waals surface area contributed by atoms with Gasteiger partial charge in [-0.1, -0.05) is 12.1 Å². The molecule has 19 heavy (non-hydrogen) atoms. The predicted molar refractivity (Wildman–Crippen MR) is 64.9 cm³/mol. The lowest BCUT2D eigenvalue weighted by molar-refractivity contribution is 0.0696. The summed E-state index contributed by atoms with van der Waals surface area (Å²) in [4.78, 5) is 10.8. The maximum Gasteiger partial charge on any atom is 0.335 e. The normalized spacial score (nSPS) is 12.5. The number of carbonyl (C=O) groups is 1. The van der Waals surface area contributed by atoms with Crippen LogP contribution in [-0.4, -0.2) is 17.9 Å². The van der Waals surface area contributed by atoms with Gasteiger partial charge in [-0.25, -0.2) is 9.18 Å². The van der Waals surface area contributed by atoms with Crippen LogP contribution < -0.4 is 9.47 Å². The quantitative estimate of drug-likeness (QED) is 0.902. The third kappa shape index (κ3) is 1.99. The number of carboxylic acids is 1. The van der Waals surface area contributed by atoms with Crippen molar-refractivity contribution in [3.63, 3.8) is 0 Å². The number of carboxylic acid groups (broad SMARTS) is 1. The molecule has 0 saturated heterocycles. The van der Waals surface area contributed by atoms with Crippen LogP contribution in [0.15, 0.2) is 36.4 Å². The molecule has 3 rings (SSSR count). The van der Waals surface area contributed by atoms with Crippen LogP contribution in [0.5, 0.6) is 11.5 Å². The molecule has 0 saturated carbocycles. The van der Waals surface area contributed by atoms with Gasteiger partial charge in [0.1, 0.15) is 5.82 Å². The number of rotatable bonds is 2. The Kier molecular flexibility index (Phi) is 2.59. The molecular weight excluding hydrogens is 251 g/mol. The van der Waals surface area contributed by atoms with Gasteiger partial charge >= 0.3 is 5.97 Å². The van der Waals surface area contributed by atoms with Crippen LogP contribution in [0.3, 0.4) is 0 Å². The first-order valence-corrected chi connectivity index (χ1v) is 5.58. The van der Waals surface area contributed by atoms with Gasteiger partial charge in [-0.05, 0) is 29.8 Å². The zero-order chi connectivity index (χ0) is 13.4. The molecule has 1 aliphatic heterocycles. The minimum absolute atomic E-state index is 0.0815. The van der Waals surface area contributed by atoms with E-state index in [2.05, 4.69) is 0 Å². The van der Waals surface area contributed by atoms with Gasteiger partial charge in [-0.15, -0.1) is 0 Å². The first-order chi connectivity index (χ1) is 9.15. The number of hydrogen-bond donors (Lipinski definition) is 1.